The topological polar surface area (TPSA) is 42.4 Å². The predicted molar refractivity (Wildman–Crippen MR) is 61.0 cm³/mol. The van der Waals surface area contributed by atoms with Gasteiger partial charge in [-0.15, -0.1) is 11.6 Å². The van der Waals surface area contributed by atoms with Crippen LogP contribution in [0.1, 0.15) is 16.8 Å². The van der Waals surface area contributed by atoms with E-state index in [0.29, 0.717) is 30.3 Å². The number of aromatic nitrogens is 1. The van der Waals surface area contributed by atoms with Crippen LogP contribution in [0.4, 0.5) is 0 Å². The maximum Gasteiger partial charge on any atom is 0.259 e. The number of nitrogens with zero attached hydrogens (tertiary/aromatic N) is 2. The highest BCUT2D eigenvalue weighted by molar-refractivity contribution is 6.17. The number of pyridine rings is 1. The molecule has 0 bridgehead atoms. The first-order chi connectivity index (χ1) is 7.72. The van der Waals surface area contributed by atoms with Crippen LogP contribution >= 0.6 is 11.6 Å². The zero-order chi connectivity index (χ0) is 11.5. The average Bonchev–Trinajstić information content (AvgIpc) is 2.39. The first-order valence-electron chi connectivity index (χ1n) is 5.15. The van der Waals surface area contributed by atoms with Crippen molar-refractivity contribution in [2.24, 2.45) is 0 Å². The largest absolute Gasteiger partial charge is 0.472 e. The van der Waals surface area contributed by atoms with E-state index in [1.165, 1.54) is 0 Å². The molecule has 0 aromatic carbocycles. The van der Waals surface area contributed by atoms with Crippen molar-refractivity contribution in [3.8, 4) is 5.88 Å². The lowest BCUT2D eigenvalue weighted by Gasteiger charge is -2.19. The number of likely N-dealkylation sites (N-methyl/N-ethyl adjacent to an activating group) is 1. The monoisotopic (exact) mass is 240 g/mol. The molecule has 1 atom stereocenters. The van der Waals surface area contributed by atoms with E-state index in [4.69, 9.17) is 16.3 Å². The van der Waals surface area contributed by atoms with Crippen molar-refractivity contribution in [2.75, 3.05) is 19.5 Å². The number of carbonyl (C=O) groups is 1. The molecule has 1 aliphatic rings. The summed E-state index contributed by atoms with van der Waals surface area (Å²) < 4.78 is 5.68. The number of fused-ring (bicyclic) bond motifs is 1. The maximum atomic E-state index is 12.0. The average molecular weight is 241 g/mol. The van der Waals surface area contributed by atoms with E-state index >= 15 is 0 Å². The lowest BCUT2D eigenvalue weighted by atomic mass is 10.2. The molecule has 5 heteroatoms. The van der Waals surface area contributed by atoms with Gasteiger partial charge < -0.3 is 9.64 Å². The van der Waals surface area contributed by atoms with Crippen LogP contribution < -0.4 is 4.74 Å². The molecule has 0 spiro atoms. The van der Waals surface area contributed by atoms with Crippen LogP contribution in [0.5, 0.6) is 5.88 Å². The van der Waals surface area contributed by atoms with E-state index < -0.39 is 0 Å². The minimum absolute atomic E-state index is 0.0554. The fourth-order valence-corrected chi connectivity index (χ4v) is 1.95. The number of amides is 1. The Bertz CT molecular complexity index is 397. The summed E-state index contributed by atoms with van der Waals surface area (Å²) in [6.07, 6.45) is 2.24. The lowest BCUT2D eigenvalue weighted by molar-refractivity contribution is 0.0758. The summed E-state index contributed by atoms with van der Waals surface area (Å²) in [5, 5.41) is 0. The van der Waals surface area contributed by atoms with Gasteiger partial charge in [0.1, 0.15) is 11.7 Å². The van der Waals surface area contributed by atoms with E-state index in [9.17, 15) is 4.79 Å². The quantitative estimate of drug-likeness (QED) is 0.737. The Morgan fingerprint density at radius 2 is 2.50 bits per heavy atom. The molecule has 1 aromatic rings. The minimum atomic E-state index is -0.0809. The summed E-state index contributed by atoms with van der Waals surface area (Å²) in [4.78, 5) is 17.7. The molecule has 2 heterocycles. The third-order valence-electron chi connectivity index (χ3n) is 2.54. The third-order valence-corrected chi connectivity index (χ3v) is 2.75. The zero-order valence-corrected chi connectivity index (χ0v) is 9.78. The van der Waals surface area contributed by atoms with Crippen LogP contribution in [0, 0.1) is 0 Å². The van der Waals surface area contributed by atoms with Gasteiger partial charge in [-0.2, -0.15) is 0 Å². The van der Waals surface area contributed by atoms with Gasteiger partial charge in [0, 0.05) is 19.1 Å². The Labute approximate surface area is 99.2 Å². The smallest absolute Gasteiger partial charge is 0.259 e. The molecule has 0 N–H and O–H groups in total. The van der Waals surface area contributed by atoms with Gasteiger partial charge in [-0.3, -0.25) is 4.79 Å². The summed E-state index contributed by atoms with van der Waals surface area (Å²) in [5.41, 5.74) is 0.516. The fraction of sp³-hybridized carbons (Fsp3) is 0.455. The summed E-state index contributed by atoms with van der Waals surface area (Å²) in [6, 6.07) is 3.46. The van der Waals surface area contributed by atoms with Gasteiger partial charge in [0.25, 0.3) is 5.91 Å². The summed E-state index contributed by atoms with van der Waals surface area (Å²) in [5.74, 6) is 0.863. The Balaban J connectivity index is 2.32. The molecule has 0 saturated heterocycles. The van der Waals surface area contributed by atoms with Crippen molar-refractivity contribution in [2.45, 2.75) is 12.5 Å². The van der Waals surface area contributed by atoms with Crippen LogP contribution in [0.3, 0.4) is 0 Å². The van der Waals surface area contributed by atoms with Crippen molar-refractivity contribution < 1.29 is 9.53 Å². The second-order valence-corrected chi connectivity index (χ2v) is 4.14. The van der Waals surface area contributed by atoms with Gasteiger partial charge in [-0.25, -0.2) is 4.98 Å². The SMILES string of the molecule is CN1C[C@H](CCCl)Oc2ncccc2C1=O. The second kappa shape index (κ2) is 4.70. The molecular formula is C11H13ClN2O2. The molecule has 0 fully saturated rings. The number of halogens is 1. The summed E-state index contributed by atoms with van der Waals surface area (Å²) in [6.45, 7) is 0.544. The summed E-state index contributed by atoms with van der Waals surface area (Å²) >= 11 is 5.70. The standard InChI is InChI=1S/C11H13ClN2O2/c1-14-7-8(4-5-12)16-10-9(11(14)15)3-2-6-13-10/h2-3,6,8H,4-5,7H2,1H3/t8-/m0/s1. The molecule has 16 heavy (non-hydrogen) atoms. The Morgan fingerprint density at radius 1 is 1.69 bits per heavy atom. The molecular weight excluding hydrogens is 228 g/mol. The Kier molecular flexibility index (Phi) is 3.29. The van der Waals surface area contributed by atoms with Gasteiger partial charge in [-0.05, 0) is 18.6 Å². The molecule has 1 aliphatic heterocycles. The van der Waals surface area contributed by atoms with Crippen molar-refractivity contribution in [3.63, 3.8) is 0 Å². The molecule has 4 nitrogen and oxygen atoms in total. The molecule has 1 amide bonds. The van der Waals surface area contributed by atoms with E-state index in [-0.39, 0.29) is 12.0 Å². The van der Waals surface area contributed by atoms with Crippen LogP contribution in [-0.2, 0) is 0 Å². The molecule has 86 valence electrons. The molecule has 0 saturated carbocycles. The summed E-state index contributed by atoms with van der Waals surface area (Å²) in [7, 11) is 1.76. The number of carbonyl (C=O) groups excluding carboxylic acids is 1. The number of hydrogen-bond donors (Lipinski definition) is 0. The van der Waals surface area contributed by atoms with Gasteiger partial charge >= 0.3 is 0 Å². The number of alkyl halides is 1. The normalized spacial score (nSPS) is 20.0. The van der Waals surface area contributed by atoms with Gasteiger partial charge in [0.05, 0.1) is 6.54 Å². The molecule has 2 rings (SSSR count). The number of ether oxygens (including phenoxy) is 1. The van der Waals surface area contributed by atoms with Crippen molar-refractivity contribution >= 4 is 17.5 Å². The highest BCUT2D eigenvalue weighted by Gasteiger charge is 2.26. The zero-order valence-electron chi connectivity index (χ0n) is 9.02. The first kappa shape index (κ1) is 11.2. The third kappa shape index (κ3) is 2.11. The van der Waals surface area contributed by atoms with E-state index in [1.54, 1.807) is 30.3 Å². The van der Waals surface area contributed by atoms with Crippen LogP contribution in [-0.4, -0.2) is 41.4 Å². The minimum Gasteiger partial charge on any atom is -0.472 e. The van der Waals surface area contributed by atoms with Crippen molar-refractivity contribution in [3.05, 3.63) is 23.9 Å². The van der Waals surface area contributed by atoms with Crippen LogP contribution in [0.15, 0.2) is 18.3 Å². The highest BCUT2D eigenvalue weighted by atomic mass is 35.5. The molecule has 0 aliphatic carbocycles. The Hall–Kier alpha value is -1.29. The van der Waals surface area contributed by atoms with E-state index in [1.807, 2.05) is 0 Å². The second-order valence-electron chi connectivity index (χ2n) is 3.76. The van der Waals surface area contributed by atoms with E-state index in [0.717, 1.165) is 0 Å². The van der Waals surface area contributed by atoms with Gasteiger partial charge in [0.15, 0.2) is 0 Å². The number of rotatable bonds is 2. The van der Waals surface area contributed by atoms with Gasteiger partial charge in [0.2, 0.25) is 5.88 Å². The maximum absolute atomic E-state index is 12.0. The first-order valence-corrected chi connectivity index (χ1v) is 5.69. The predicted octanol–water partition coefficient (Wildman–Crippen LogP) is 1.54. The molecule has 0 radical (unpaired) electrons. The van der Waals surface area contributed by atoms with E-state index in [2.05, 4.69) is 4.98 Å². The lowest BCUT2D eigenvalue weighted by Crippen LogP contribution is -2.34. The molecule has 0 unspecified atom stereocenters. The van der Waals surface area contributed by atoms with Crippen molar-refractivity contribution in [1.82, 2.24) is 9.88 Å². The number of hydrogen-bond acceptors (Lipinski definition) is 3. The van der Waals surface area contributed by atoms with Crippen molar-refractivity contribution in [1.29, 1.82) is 0 Å². The van der Waals surface area contributed by atoms with Crippen LogP contribution in [0.25, 0.3) is 0 Å². The van der Waals surface area contributed by atoms with Crippen LogP contribution in [0.2, 0.25) is 0 Å². The van der Waals surface area contributed by atoms with Gasteiger partial charge in [-0.1, -0.05) is 0 Å². The highest BCUT2D eigenvalue weighted by Crippen LogP contribution is 2.22. The fourth-order valence-electron chi connectivity index (χ4n) is 1.71. The molecule has 1 aromatic heterocycles. The Morgan fingerprint density at radius 3 is 3.25 bits per heavy atom.